The van der Waals surface area contributed by atoms with E-state index in [0.717, 1.165) is 33.4 Å². The van der Waals surface area contributed by atoms with E-state index in [-0.39, 0.29) is 11.4 Å². The zero-order chi connectivity index (χ0) is 26.5. The maximum atomic E-state index is 12.9. The third-order valence-electron chi connectivity index (χ3n) is 5.83. The molecule has 3 aromatic carbocycles. The summed E-state index contributed by atoms with van der Waals surface area (Å²) in [6, 6.07) is 19.0. The second kappa shape index (κ2) is 11.3. The number of hydrogen-bond acceptors (Lipinski definition) is 6. The van der Waals surface area contributed by atoms with Gasteiger partial charge in [0.2, 0.25) is 5.91 Å². The maximum absolute atomic E-state index is 12.9. The van der Waals surface area contributed by atoms with Gasteiger partial charge >= 0.3 is 0 Å². The predicted octanol–water partition coefficient (Wildman–Crippen LogP) is 5.87. The lowest BCUT2D eigenvalue weighted by molar-refractivity contribution is -0.127. The van der Waals surface area contributed by atoms with Gasteiger partial charge in [-0.3, -0.25) is 19.3 Å². The standard InChI is InChI=1S/C29H28N2O5S/c1-18-5-8-21(9-6-18)17-36-24-12-10-22(14-25(24)35-4)15-26-28(33)31(29(34)37-26)16-27(32)30-23-11-7-19(2)13-20(23)3/h5-15H,16-17H2,1-4H3,(H,30,32)/b26-15+. The van der Waals surface area contributed by atoms with Crippen molar-refractivity contribution in [1.82, 2.24) is 4.90 Å². The Kier molecular flexibility index (Phi) is 7.98. The van der Waals surface area contributed by atoms with Crippen LogP contribution < -0.4 is 14.8 Å². The first kappa shape index (κ1) is 26.0. The number of rotatable bonds is 8. The highest BCUT2D eigenvalue weighted by Crippen LogP contribution is 2.35. The highest BCUT2D eigenvalue weighted by Gasteiger charge is 2.36. The van der Waals surface area contributed by atoms with Gasteiger partial charge in [0, 0.05) is 5.69 Å². The van der Waals surface area contributed by atoms with E-state index in [4.69, 9.17) is 9.47 Å². The molecule has 0 unspecified atom stereocenters. The first-order chi connectivity index (χ1) is 17.7. The number of nitrogens with zero attached hydrogens (tertiary/aromatic N) is 1. The third kappa shape index (κ3) is 6.40. The van der Waals surface area contributed by atoms with Crippen molar-refractivity contribution in [1.29, 1.82) is 0 Å². The Hall–Kier alpha value is -4.04. The van der Waals surface area contributed by atoms with Crippen LogP contribution in [0.4, 0.5) is 10.5 Å². The molecule has 3 aromatic rings. The zero-order valence-electron chi connectivity index (χ0n) is 21.2. The molecule has 190 valence electrons. The Labute approximate surface area is 220 Å². The summed E-state index contributed by atoms with van der Waals surface area (Å²) in [6.07, 6.45) is 1.61. The molecule has 1 aliphatic rings. The van der Waals surface area contributed by atoms with Crippen LogP contribution in [-0.2, 0) is 16.2 Å². The fraction of sp³-hybridized carbons (Fsp3) is 0.207. The van der Waals surface area contributed by atoms with Gasteiger partial charge in [0.15, 0.2) is 11.5 Å². The number of benzene rings is 3. The van der Waals surface area contributed by atoms with Crippen LogP contribution in [0.3, 0.4) is 0 Å². The molecular weight excluding hydrogens is 488 g/mol. The molecule has 1 fully saturated rings. The Morgan fingerprint density at radius 1 is 0.946 bits per heavy atom. The first-order valence-electron chi connectivity index (χ1n) is 11.7. The summed E-state index contributed by atoms with van der Waals surface area (Å²) in [5.41, 5.74) is 5.51. The van der Waals surface area contributed by atoms with Crippen molar-refractivity contribution < 1.29 is 23.9 Å². The van der Waals surface area contributed by atoms with Gasteiger partial charge in [0.05, 0.1) is 12.0 Å². The summed E-state index contributed by atoms with van der Waals surface area (Å²) in [4.78, 5) is 39.1. The summed E-state index contributed by atoms with van der Waals surface area (Å²) in [7, 11) is 1.54. The number of nitrogens with one attached hydrogen (secondary N) is 1. The van der Waals surface area contributed by atoms with E-state index in [1.807, 2.05) is 57.2 Å². The molecule has 0 atom stereocenters. The van der Waals surface area contributed by atoms with Crippen molar-refractivity contribution in [3.05, 3.63) is 93.4 Å². The molecule has 37 heavy (non-hydrogen) atoms. The van der Waals surface area contributed by atoms with Crippen LogP contribution >= 0.6 is 11.8 Å². The number of hydrogen-bond donors (Lipinski definition) is 1. The van der Waals surface area contributed by atoms with Crippen LogP contribution in [0.15, 0.2) is 65.6 Å². The highest BCUT2D eigenvalue weighted by atomic mass is 32.2. The number of carbonyl (C=O) groups is 3. The van der Waals surface area contributed by atoms with Gasteiger partial charge in [-0.1, -0.05) is 53.6 Å². The van der Waals surface area contributed by atoms with Crippen LogP contribution in [0.5, 0.6) is 11.5 Å². The number of carbonyl (C=O) groups excluding carboxylic acids is 3. The largest absolute Gasteiger partial charge is 0.493 e. The number of aryl methyl sites for hydroxylation is 3. The quantitative estimate of drug-likeness (QED) is 0.377. The molecule has 0 spiro atoms. The summed E-state index contributed by atoms with van der Waals surface area (Å²) in [5.74, 6) is 0.126. The zero-order valence-corrected chi connectivity index (χ0v) is 22.0. The number of imide groups is 1. The molecular formula is C29H28N2O5S. The highest BCUT2D eigenvalue weighted by molar-refractivity contribution is 8.18. The Morgan fingerprint density at radius 2 is 1.68 bits per heavy atom. The molecule has 1 aliphatic heterocycles. The lowest BCUT2D eigenvalue weighted by Gasteiger charge is -2.14. The van der Waals surface area contributed by atoms with E-state index in [2.05, 4.69) is 5.32 Å². The summed E-state index contributed by atoms with van der Waals surface area (Å²) >= 11 is 0.803. The minimum atomic E-state index is -0.510. The molecule has 0 saturated carbocycles. The summed E-state index contributed by atoms with van der Waals surface area (Å²) in [6.45, 7) is 5.91. The lowest BCUT2D eigenvalue weighted by atomic mass is 10.1. The minimum Gasteiger partial charge on any atom is -0.493 e. The second-order valence-corrected chi connectivity index (χ2v) is 9.81. The fourth-order valence-corrected chi connectivity index (χ4v) is 4.65. The van der Waals surface area contributed by atoms with Crippen molar-refractivity contribution in [2.75, 3.05) is 19.0 Å². The molecule has 0 radical (unpaired) electrons. The van der Waals surface area contributed by atoms with Crippen LogP contribution in [0.1, 0.15) is 27.8 Å². The minimum absolute atomic E-state index is 0.236. The van der Waals surface area contributed by atoms with Gasteiger partial charge in [-0.05, 0) is 73.5 Å². The Bertz CT molecular complexity index is 1380. The van der Waals surface area contributed by atoms with Crippen molar-refractivity contribution in [3.8, 4) is 11.5 Å². The smallest absolute Gasteiger partial charge is 0.294 e. The molecule has 0 bridgehead atoms. The Balaban J connectivity index is 1.42. The van der Waals surface area contributed by atoms with Crippen molar-refractivity contribution in [2.24, 2.45) is 0 Å². The van der Waals surface area contributed by atoms with Crippen LogP contribution in [0.2, 0.25) is 0 Å². The van der Waals surface area contributed by atoms with Crippen molar-refractivity contribution >= 4 is 40.6 Å². The molecule has 3 amide bonds. The second-order valence-electron chi connectivity index (χ2n) is 8.82. The van der Waals surface area contributed by atoms with Crippen LogP contribution in [0.25, 0.3) is 6.08 Å². The number of anilines is 1. The topological polar surface area (TPSA) is 84.9 Å². The number of methoxy groups -OCH3 is 1. The van der Waals surface area contributed by atoms with Gasteiger partial charge in [0.25, 0.3) is 11.1 Å². The van der Waals surface area contributed by atoms with Crippen molar-refractivity contribution in [2.45, 2.75) is 27.4 Å². The fourth-order valence-electron chi connectivity index (χ4n) is 3.81. The number of ether oxygens (including phenoxy) is 2. The van der Waals surface area contributed by atoms with E-state index in [1.165, 1.54) is 5.56 Å². The molecule has 1 heterocycles. The molecule has 0 aliphatic carbocycles. The average molecular weight is 517 g/mol. The van der Waals surface area contributed by atoms with E-state index < -0.39 is 17.1 Å². The van der Waals surface area contributed by atoms with E-state index >= 15 is 0 Å². The average Bonchev–Trinajstić information content (AvgIpc) is 3.13. The predicted molar refractivity (Wildman–Crippen MR) is 146 cm³/mol. The van der Waals surface area contributed by atoms with E-state index in [9.17, 15) is 14.4 Å². The maximum Gasteiger partial charge on any atom is 0.294 e. The number of thioether (sulfide) groups is 1. The van der Waals surface area contributed by atoms with E-state index in [0.29, 0.717) is 29.4 Å². The molecule has 8 heteroatoms. The van der Waals surface area contributed by atoms with Crippen molar-refractivity contribution in [3.63, 3.8) is 0 Å². The molecule has 1 saturated heterocycles. The first-order valence-corrected chi connectivity index (χ1v) is 12.5. The summed E-state index contributed by atoms with van der Waals surface area (Å²) < 4.78 is 11.4. The van der Waals surface area contributed by atoms with Gasteiger partial charge in [-0.2, -0.15) is 0 Å². The molecule has 0 aromatic heterocycles. The van der Waals surface area contributed by atoms with Gasteiger partial charge in [0.1, 0.15) is 13.2 Å². The SMILES string of the molecule is COc1cc(/C=C2/SC(=O)N(CC(=O)Nc3ccc(C)cc3C)C2=O)ccc1OCc1ccc(C)cc1. The van der Waals surface area contributed by atoms with Crippen LogP contribution in [-0.4, -0.2) is 35.6 Å². The van der Waals surface area contributed by atoms with Gasteiger partial charge < -0.3 is 14.8 Å². The molecule has 4 rings (SSSR count). The number of amides is 3. The Morgan fingerprint density at radius 3 is 2.38 bits per heavy atom. The summed E-state index contributed by atoms with van der Waals surface area (Å²) in [5, 5.41) is 2.28. The third-order valence-corrected chi connectivity index (χ3v) is 6.74. The normalized spacial score (nSPS) is 14.3. The van der Waals surface area contributed by atoms with Crippen LogP contribution in [0, 0.1) is 20.8 Å². The lowest BCUT2D eigenvalue weighted by Crippen LogP contribution is -2.36. The van der Waals surface area contributed by atoms with Gasteiger partial charge in [-0.15, -0.1) is 0 Å². The molecule has 7 nitrogen and oxygen atoms in total. The van der Waals surface area contributed by atoms with E-state index in [1.54, 1.807) is 37.5 Å². The molecule has 1 N–H and O–H groups in total. The monoisotopic (exact) mass is 516 g/mol. The van der Waals surface area contributed by atoms with Gasteiger partial charge in [-0.25, -0.2) is 0 Å².